The molecule has 102 valence electrons. The summed E-state index contributed by atoms with van der Waals surface area (Å²) in [6.07, 6.45) is 2.35. The van der Waals surface area contributed by atoms with Gasteiger partial charge in [-0.1, -0.05) is 13.8 Å². The Morgan fingerprint density at radius 2 is 2.17 bits per heavy atom. The summed E-state index contributed by atoms with van der Waals surface area (Å²) in [4.78, 5) is 11.5. The summed E-state index contributed by atoms with van der Waals surface area (Å²) < 4.78 is 6.63. The van der Waals surface area contributed by atoms with Gasteiger partial charge < -0.3 is 10.5 Å². The number of aromatic nitrogens is 2. The summed E-state index contributed by atoms with van der Waals surface area (Å²) in [6, 6.07) is 2.10. The average molecular weight is 253 g/mol. The Morgan fingerprint density at radius 3 is 2.67 bits per heavy atom. The third kappa shape index (κ3) is 3.32. The summed E-state index contributed by atoms with van der Waals surface area (Å²) >= 11 is 0. The van der Waals surface area contributed by atoms with Crippen LogP contribution in [-0.2, 0) is 28.9 Å². The molecule has 0 spiro atoms. The van der Waals surface area contributed by atoms with Gasteiger partial charge in [-0.2, -0.15) is 5.10 Å². The number of aryl methyl sites for hydroxylation is 3. The second-order valence-electron chi connectivity index (χ2n) is 4.72. The van der Waals surface area contributed by atoms with Gasteiger partial charge in [0.05, 0.1) is 12.8 Å². The molecule has 0 saturated carbocycles. The van der Waals surface area contributed by atoms with Crippen molar-refractivity contribution in [1.29, 1.82) is 0 Å². The molecule has 0 aliphatic rings. The van der Waals surface area contributed by atoms with Crippen molar-refractivity contribution >= 4 is 5.97 Å². The van der Waals surface area contributed by atoms with E-state index >= 15 is 0 Å². The Morgan fingerprint density at radius 1 is 1.50 bits per heavy atom. The fraction of sp³-hybridized carbons (Fsp3) is 0.692. The van der Waals surface area contributed by atoms with E-state index in [1.165, 1.54) is 12.8 Å². The van der Waals surface area contributed by atoms with Crippen LogP contribution >= 0.6 is 0 Å². The maximum atomic E-state index is 11.5. The van der Waals surface area contributed by atoms with Gasteiger partial charge in [0.25, 0.3) is 0 Å². The number of hydrogen-bond donors (Lipinski definition) is 1. The van der Waals surface area contributed by atoms with Gasteiger partial charge in [0.2, 0.25) is 0 Å². The molecule has 0 bridgehead atoms. The highest BCUT2D eigenvalue weighted by atomic mass is 16.5. The molecule has 5 nitrogen and oxygen atoms in total. The minimum Gasteiger partial charge on any atom is -0.468 e. The third-order valence-corrected chi connectivity index (χ3v) is 3.13. The van der Waals surface area contributed by atoms with Gasteiger partial charge in [0, 0.05) is 12.2 Å². The van der Waals surface area contributed by atoms with Gasteiger partial charge in [-0.15, -0.1) is 0 Å². The van der Waals surface area contributed by atoms with Crippen molar-refractivity contribution in [2.45, 2.75) is 52.1 Å². The summed E-state index contributed by atoms with van der Waals surface area (Å²) in [5.74, 6) is -0.386. The second-order valence-corrected chi connectivity index (χ2v) is 4.72. The molecular weight excluding hydrogens is 230 g/mol. The van der Waals surface area contributed by atoms with E-state index in [-0.39, 0.29) is 5.97 Å². The number of rotatable bonds is 6. The first-order valence-corrected chi connectivity index (χ1v) is 6.37. The van der Waals surface area contributed by atoms with Crippen LogP contribution in [-0.4, -0.2) is 28.4 Å². The number of methoxy groups -OCH3 is 1. The van der Waals surface area contributed by atoms with E-state index in [0.29, 0.717) is 13.0 Å². The van der Waals surface area contributed by atoms with E-state index in [9.17, 15) is 4.79 Å². The Hall–Kier alpha value is -1.36. The van der Waals surface area contributed by atoms with Gasteiger partial charge in [-0.3, -0.25) is 9.48 Å². The van der Waals surface area contributed by atoms with E-state index in [0.717, 1.165) is 18.5 Å². The summed E-state index contributed by atoms with van der Waals surface area (Å²) in [7, 11) is 1.36. The van der Waals surface area contributed by atoms with E-state index in [1.807, 2.05) is 4.68 Å². The number of nitrogens with two attached hydrogens (primary N) is 1. The first-order chi connectivity index (χ1) is 8.44. The Balaban J connectivity index is 2.73. The van der Waals surface area contributed by atoms with Gasteiger partial charge in [-0.25, -0.2) is 0 Å². The molecule has 0 saturated heterocycles. The summed E-state index contributed by atoms with van der Waals surface area (Å²) in [5.41, 5.74) is 7.22. The molecule has 0 aromatic carbocycles. The highest BCUT2D eigenvalue weighted by molar-refractivity contribution is 5.79. The van der Waals surface area contributed by atoms with Crippen molar-refractivity contribution in [2.24, 2.45) is 5.73 Å². The first-order valence-electron chi connectivity index (χ1n) is 6.37. The van der Waals surface area contributed by atoms with Crippen molar-refractivity contribution in [2.75, 3.05) is 7.11 Å². The Kier molecular flexibility index (Phi) is 4.90. The van der Waals surface area contributed by atoms with E-state index in [1.54, 1.807) is 6.92 Å². The summed E-state index contributed by atoms with van der Waals surface area (Å²) in [5, 5.41) is 4.50. The van der Waals surface area contributed by atoms with Crippen LogP contribution in [0.2, 0.25) is 0 Å². The Bertz CT molecular complexity index is 410. The lowest BCUT2D eigenvalue weighted by Crippen LogP contribution is -2.46. The van der Waals surface area contributed by atoms with Gasteiger partial charge in [0.15, 0.2) is 0 Å². The lowest BCUT2D eigenvalue weighted by Gasteiger charge is -2.21. The van der Waals surface area contributed by atoms with Crippen molar-refractivity contribution in [1.82, 2.24) is 9.78 Å². The molecule has 0 radical (unpaired) electrons. The maximum absolute atomic E-state index is 11.5. The molecular formula is C13H23N3O2. The quantitative estimate of drug-likeness (QED) is 0.775. The molecule has 18 heavy (non-hydrogen) atoms. The van der Waals surface area contributed by atoms with E-state index < -0.39 is 5.54 Å². The van der Waals surface area contributed by atoms with Gasteiger partial charge >= 0.3 is 5.97 Å². The average Bonchev–Trinajstić information content (AvgIpc) is 2.77. The highest BCUT2D eigenvalue weighted by Gasteiger charge is 2.29. The largest absolute Gasteiger partial charge is 0.468 e. The lowest BCUT2D eigenvalue weighted by molar-refractivity contribution is -0.146. The van der Waals surface area contributed by atoms with Crippen LogP contribution in [0, 0.1) is 0 Å². The molecule has 0 aliphatic heterocycles. The predicted molar refractivity (Wildman–Crippen MR) is 70.2 cm³/mol. The van der Waals surface area contributed by atoms with Gasteiger partial charge in [-0.05, 0) is 32.3 Å². The number of nitrogens with zero attached hydrogens (tertiary/aromatic N) is 2. The van der Waals surface area contributed by atoms with Crippen LogP contribution in [0.4, 0.5) is 0 Å². The fourth-order valence-corrected chi connectivity index (χ4v) is 1.84. The highest BCUT2D eigenvalue weighted by Crippen LogP contribution is 2.12. The monoisotopic (exact) mass is 253 g/mol. The molecule has 0 aliphatic carbocycles. The number of ether oxygens (including phenoxy) is 1. The topological polar surface area (TPSA) is 70.1 Å². The van der Waals surface area contributed by atoms with Crippen molar-refractivity contribution < 1.29 is 9.53 Å². The minimum absolute atomic E-state index is 0.386. The molecule has 2 N–H and O–H groups in total. The third-order valence-electron chi connectivity index (χ3n) is 3.13. The molecule has 0 fully saturated rings. The molecule has 1 aromatic heterocycles. The zero-order valence-corrected chi connectivity index (χ0v) is 11.7. The van der Waals surface area contributed by atoms with Crippen LogP contribution in [0.3, 0.4) is 0 Å². The second kappa shape index (κ2) is 6.00. The van der Waals surface area contributed by atoms with Crippen LogP contribution in [0.25, 0.3) is 0 Å². The van der Waals surface area contributed by atoms with Crippen LogP contribution in [0.1, 0.15) is 38.6 Å². The molecule has 1 unspecified atom stereocenters. The standard InChI is InChI=1S/C13H23N3O2/c1-5-10-9-11(6-2)16(15-10)8-7-13(3,14)12(17)18-4/h9H,5-8,14H2,1-4H3. The number of hydrogen-bond acceptors (Lipinski definition) is 4. The zero-order chi connectivity index (χ0) is 13.8. The van der Waals surface area contributed by atoms with Crippen molar-refractivity contribution in [3.05, 3.63) is 17.5 Å². The first kappa shape index (κ1) is 14.7. The van der Waals surface area contributed by atoms with Crippen molar-refractivity contribution in [3.8, 4) is 0 Å². The van der Waals surface area contributed by atoms with E-state index in [4.69, 9.17) is 10.5 Å². The fourth-order valence-electron chi connectivity index (χ4n) is 1.84. The minimum atomic E-state index is -0.960. The Labute approximate surface area is 108 Å². The summed E-state index contributed by atoms with van der Waals surface area (Å²) in [6.45, 7) is 6.49. The normalized spacial score (nSPS) is 14.3. The SMILES string of the molecule is CCc1cc(CC)n(CCC(C)(N)C(=O)OC)n1. The molecule has 1 atom stereocenters. The predicted octanol–water partition coefficient (Wildman–Crippen LogP) is 1.29. The van der Waals surface area contributed by atoms with Crippen LogP contribution in [0.15, 0.2) is 6.07 Å². The molecule has 1 rings (SSSR count). The van der Waals surface area contributed by atoms with Crippen LogP contribution in [0.5, 0.6) is 0 Å². The number of carbonyl (C=O) groups is 1. The maximum Gasteiger partial charge on any atom is 0.325 e. The molecule has 5 heteroatoms. The molecule has 1 heterocycles. The number of esters is 1. The van der Waals surface area contributed by atoms with Crippen LogP contribution < -0.4 is 5.73 Å². The zero-order valence-electron chi connectivity index (χ0n) is 11.7. The molecule has 1 aromatic rings. The van der Waals surface area contributed by atoms with Crippen molar-refractivity contribution in [3.63, 3.8) is 0 Å². The lowest BCUT2D eigenvalue weighted by atomic mass is 10.00. The molecule has 0 amide bonds. The van der Waals surface area contributed by atoms with E-state index in [2.05, 4.69) is 25.0 Å². The smallest absolute Gasteiger partial charge is 0.325 e. The van der Waals surface area contributed by atoms with Gasteiger partial charge in [0.1, 0.15) is 5.54 Å². The number of carbonyl (C=O) groups excluding carboxylic acids is 1.